The minimum Gasteiger partial charge on any atom is -0.494 e. The highest BCUT2D eigenvalue weighted by atomic mass is 16.5. The fraction of sp³-hybridized carbons (Fsp3) is 0.167. The van der Waals surface area contributed by atoms with Crippen LogP contribution < -0.4 is 43.1 Å². The van der Waals surface area contributed by atoms with Gasteiger partial charge in [0.1, 0.15) is 34.5 Å². The van der Waals surface area contributed by atoms with Gasteiger partial charge >= 0.3 is 0 Å². The molecule has 10 rings (SSSR count). The Morgan fingerprint density at radius 3 is 0.457 bits per heavy atom. The van der Waals surface area contributed by atoms with Gasteiger partial charge in [0, 0.05) is 51.2 Å². The summed E-state index contributed by atoms with van der Waals surface area (Å²) in [6, 6.07) is 83.0. The molecule has 9 heteroatoms. The highest BCUT2D eigenvalue weighted by molar-refractivity contribution is 5.86. The van der Waals surface area contributed by atoms with E-state index >= 15 is 0 Å². The van der Waals surface area contributed by atoms with Gasteiger partial charge in [0.05, 0.1) is 39.6 Å². The number of hydrogen-bond donors (Lipinski definition) is 0. The van der Waals surface area contributed by atoms with Crippen molar-refractivity contribution in [3.8, 4) is 67.9 Å². The van der Waals surface area contributed by atoms with Gasteiger partial charge in [-0.15, -0.1) is 0 Å². The van der Waals surface area contributed by atoms with Crippen molar-refractivity contribution in [2.24, 2.45) is 0 Å². The van der Waals surface area contributed by atoms with Crippen LogP contribution in [0, 0.1) is 0 Å². The first kappa shape index (κ1) is 54.7. The van der Waals surface area contributed by atoms with Gasteiger partial charge < -0.3 is 43.1 Å². The number of hydrogen-bond acceptors (Lipinski definition) is 9. The second-order valence-corrected chi connectivity index (χ2v) is 19.0. The summed E-state index contributed by atoms with van der Waals surface area (Å²) in [5.41, 5.74) is 15.7. The van der Waals surface area contributed by atoms with Crippen LogP contribution in [0.15, 0.2) is 237 Å². The molecular weight excluding hydrogens is 1000 g/mol. The Morgan fingerprint density at radius 2 is 0.321 bits per heavy atom. The van der Waals surface area contributed by atoms with Gasteiger partial charge in [-0.3, -0.25) is 0 Å². The van der Waals surface area contributed by atoms with Crippen LogP contribution in [-0.2, 0) is 0 Å². The van der Waals surface area contributed by atoms with Crippen LogP contribution in [0.5, 0.6) is 34.5 Å². The maximum Gasteiger partial charge on any atom is 0.119 e. The van der Waals surface area contributed by atoms with Gasteiger partial charge in [-0.25, -0.2) is 0 Å². The predicted octanol–water partition coefficient (Wildman–Crippen LogP) is 19.5. The van der Waals surface area contributed by atoms with E-state index in [2.05, 4.69) is 178 Å². The quantitative estimate of drug-likeness (QED) is 0.0589. The Balaban J connectivity index is 1.05. The highest BCUT2D eigenvalue weighted by Gasteiger charge is 2.19. The molecule has 0 spiro atoms. The molecule has 0 aliphatic carbocycles. The van der Waals surface area contributed by atoms with Gasteiger partial charge in [0.15, 0.2) is 0 Å². The van der Waals surface area contributed by atoms with E-state index in [0.717, 1.165) is 119 Å². The number of rotatable bonds is 24. The number of benzene rings is 10. The number of anilines is 9. The molecule has 0 fully saturated rings. The molecule has 10 aromatic carbocycles. The van der Waals surface area contributed by atoms with E-state index in [1.54, 1.807) is 0 Å². The van der Waals surface area contributed by atoms with E-state index in [-0.39, 0.29) is 0 Å². The molecule has 0 unspecified atom stereocenters. The van der Waals surface area contributed by atoms with Crippen LogP contribution >= 0.6 is 0 Å². The minimum atomic E-state index is 0.602. The first-order valence-corrected chi connectivity index (χ1v) is 28.1. The summed E-state index contributed by atoms with van der Waals surface area (Å²) in [7, 11) is 0. The fourth-order valence-electron chi connectivity index (χ4n) is 10.0. The van der Waals surface area contributed by atoms with Crippen LogP contribution in [-0.4, -0.2) is 39.6 Å². The molecule has 0 aliphatic rings. The summed E-state index contributed by atoms with van der Waals surface area (Å²) in [4.78, 5) is 6.77. The zero-order valence-electron chi connectivity index (χ0n) is 47.1. The minimum absolute atomic E-state index is 0.602. The summed E-state index contributed by atoms with van der Waals surface area (Å²) in [5, 5.41) is 0. The van der Waals surface area contributed by atoms with Gasteiger partial charge in [0.2, 0.25) is 0 Å². The average Bonchev–Trinajstić information content (AvgIpc) is 3.53. The van der Waals surface area contributed by atoms with Crippen molar-refractivity contribution in [3.05, 3.63) is 237 Å². The molecule has 0 saturated carbocycles. The molecule has 0 bridgehead atoms. The summed E-state index contributed by atoms with van der Waals surface area (Å²) in [6.45, 7) is 15.6. The second kappa shape index (κ2) is 26.4. The third-order valence-corrected chi connectivity index (χ3v) is 13.7. The molecule has 0 radical (unpaired) electrons. The molecule has 0 saturated heterocycles. The molecule has 0 atom stereocenters. The van der Waals surface area contributed by atoms with Crippen molar-refractivity contribution >= 4 is 51.2 Å². The summed E-state index contributed by atoms with van der Waals surface area (Å²) in [5.74, 6) is 4.99. The van der Waals surface area contributed by atoms with Crippen LogP contribution in [0.25, 0.3) is 33.4 Å². The van der Waals surface area contributed by atoms with E-state index in [4.69, 9.17) is 28.4 Å². The largest absolute Gasteiger partial charge is 0.494 e. The average molecular weight is 1070 g/mol. The number of ether oxygens (including phenoxy) is 6. The lowest BCUT2D eigenvalue weighted by atomic mass is 9.93. The van der Waals surface area contributed by atoms with Crippen molar-refractivity contribution < 1.29 is 28.4 Å². The van der Waals surface area contributed by atoms with E-state index in [1.165, 1.54) is 0 Å². The number of nitrogens with zero attached hydrogens (tertiary/aromatic N) is 3. The monoisotopic (exact) mass is 1070 g/mol. The van der Waals surface area contributed by atoms with Crippen LogP contribution in [0.3, 0.4) is 0 Å². The Kier molecular flexibility index (Phi) is 17.8. The van der Waals surface area contributed by atoms with Crippen LogP contribution in [0.4, 0.5) is 51.2 Å². The molecule has 0 aromatic heterocycles. The SMILES string of the molecule is CCOc1ccc(N(c2ccc(OCC)cc2)c2ccc(-c3cc(-c4ccc(N(c5ccc(OCC)cc5)c5ccc(OCC)cc5)cc4)cc(-c4ccc(N(c5ccc(OCC)cc5)c5ccc(OCC)cc5)cc4)c3)cc2)cc1. The molecule has 408 valence electrons. The van der Waals surface area contributed by atoms with Crippen LogP contribution in [0.1, 0.15) is 41.5 Å². The van der Waals surface area contributed by atoms with Gasteiger partial charge in [-0.1, -0.05) is 36.4 Å². The summed E-state index contributed by atoms with van der Waals surface area (Å²) < 4.78 is 35.0. The maximum atomic E-state index is 5.84. The zero-order chi connectivity index (χ0) is 55.9. The first-order chi connectivity index (χ1) is 39.8. The molecule has 0 heterocycles. The first-order valence-electron chi connectivity index (χ1n) is 28.1. The summed E-state index contributed by atoms with van der Waals surface area (Å²) >= 11 is 0. The maximum absolute atomic E-state index is 5.84. The topological polar surface area (TPSA) is 65.1 Å². The van der Waals surface area contributed by atoms with E-state index < -0.39 is 0 Å². The molecule has 0 amide bonds. The highest BCUT2D eigenvalue weighted by Crippen LogP contribution is 2.43. The molecule has 0 aliphatic heterocycles. The molecule has 9 nitrogen and oxygen atoms in total. The van der Waals surface area contributed by atoms with Crippen molar-refractivity contribution in [3.63, 3.8) is 0 Å². The summed E-state index contributed by atoms with van der Waals surface area (Å²) in [6.07, 6.45) is 0. The Morgan fingerprint density at radius 1 is 0.185 bits per heavy atom. The van der Waals surface area contributed by atoms with E-state index in [9.17, 15) is 0 Å². The van der Waals surface area contributed by atoms with Crippen molar-refractivity contribution in [1.29, 1.82) is 0 Å². The van der Waals surface area contributed by atoms with Crippen molar-refractivity contribution in [2.45, 2.75) is 41.5 Å². The van der Waals surface area contributed by atoms with E-state index in [0.29, 0.717) is 39.6 Å². The normalized spacial score (nSPS) is 10.9. The molecule has 10 aromatic rings. The standard InChI is InChI=1S/C72H69N3O6/c1-7-76-67-37-25-61(26-38-67)73(62-27-39-68(40-28-62)77-8-2)58-19-13-52(14-20-58)55-49-56(53-15-21-59(22-16-53)74(63-29-41-69(42-30-63)78-9-3)64-31-43-70(44-32-64)79-10-4)51-57(50-55)54-17-23-60(24-18-54)75(65-33-45-71(46-34-65)80-11-5)66-35-47-72(48-36-66)81-12-6/h13-51H,7-12H2,1-6H3. The van der Waals surface area contributed by atoms with Crippen LogP contribution in [0.2, 0.25) is 0 Å². The second-order valence-electron chi connectivity index (χ2n) is 19.0. The fourth-order valence-corrected chi connectivity index (χ4v) is 10.0. The van der Waals surface area contributed by atoms with Crippen molar-refractivity contribution in [2.75, 3.05) is 54.3 Å². The van der Waals surface area contributed by atoms with Gasteiger partial charge in [0.25, 0.3) is 0 Å². The van der Waals surface area contributed by atoms with Crippen molar-refractivity contribution in [1.82, 2.24) is 0 Å². The molecule has 0 N–H and O–H groups in total. The lowest BCUT2D eigenvalue weighted by molar-refractivity contribution is 0.340. The third-order valence-electron chi connectivity index (χ3n) is 13.7. The third kappa shape index (κ3) is 13.1. The van der Waals surface area contributed by atoms with E-state index in [1.807, 2.05) is 114 Å². The zero-order valence-corrected chi connectivity index (χ0v) is 47.1. The lowest BCUT2D eigenvalue weighted by Gasteiger charge is -2.26. The Labute approximate surface area is 477 Å². The molecule has 81 heavy (non-hydrogen) atoms. The molecular formula is C72H69N3O6. The predicted molar refractivity (Wildman–Crippen MR) is 334 cm³/mol. The lowest BCUT2D eigenvalue weighted by Crippen LogP contribution is -2.10. The Bertz CT molecular complexity index is 3010. The van der Waals surface area contributed by atoms with Gasteiger partial charge in [-0.05, 0) is 275 Å². The van der Waals surface area contributed by atoms with Gasteiger partial charge in [-0.2, -0.15) is 0 Å². The Hall–Kier alpha value is -9.60. The smallest absolute Gasteiger partial charge is 0.119 e.